The summed E-state index contributed by atoms with van der Waals surface area (Å²) in [7, 11) is 0. The van der Waals surface area contributed by atoms with Gasteiger partial charge in [0.2, 0.25) is 5.91 Å². The van der Waals surface area contributed by atoms with Crippen molar-refractivity contribution in [1.82, 2.24) is 0 Å². The van der Waals surface area contributed by atoms with Crippen LogP contribution in [0.4, 0.5) is 5.69 Å². The maximum Gasteiger partial charge on any atom is 0.231 e. The van der Waals surface area contributed by atoms with E-state index >= 15 is 0 Å². The third-order valence-corrected chi connectivity index (χ3v) is 4.23. The lowest BCUT2D eigenvalue weighted by molar-refractivity contribution is -0.117. The molecule has 0 bridgehead atoms. The summed E-state index contributed by atoms with van der Waals surface area (Å²) in [5, 5.41) is 9.31. The number of aliphatic hydroxyl groups is 1. The van der Waals surface area contributed by atoms with Gasteiger partial charge in [0.1, 0.15) is 5.75 Å². The quantitative estimate of drug-likeness (QED) is 0.887. The number of rotatable bonds is 6. The van der Waals surface area contributed by atoms with Gasteiger partial charge >= 0.3 is 0 Å². The zero-order valence-corrected chi connectivity index (χ0v) is 14.2. The summed E-state index contributed by atoms with van der Waals surface area (Å²) in [6, 6.07) is 15.8. The van der Waals surface area contributed by atoms with E-state index in [1.165, 1.54) is 0 Å². The molecule has 0 spiro atoms. The molecule has 0 aliphatic carbocycles. The van der Waals surface area contributed by atoms with Gasteiger partial charge < -0.3 is 14.7 Å². The van der Waals surface area contributed by atoms with Gasteiger partial charge in [-0.2, -0.15) is 0 Å². The summed E-state index contributed by atoms with van der Waals surface area (Å²) in [6.07, 6.45) is 0.406. The molecule has 3 rings (SSSR count). The van der Waals surface area contributed by atoms with Crippen LogP contribution in [-0.2, 0) is 17.8 Å². The highest BCUT2D eigenvalue weighted by Crippen LogP contribution is 2.33. The number of fused-ring (bicyclic) bond motifs is 1. The number of hydrogen-bond acceptors (Lipinski definition) is 3. The molecule has 0 aromatic heterocycles. The van der Waals surface area contributed by atoms with Crippen LogP contribution in [0.3, 0.4) is 0 Å². The van der Waals surface area contributed by atoms with Crippen molar-refractivity contribution >= 4 is 11.6 Å². The van der Waals surface area contributed by atoms with Gasteiger partial charge in [0.15, 0.2) is 0 Å². The van der Waals surface area contributed by atoms with Crippen LogP contribution in [0.2, 0.25) is 0 Å². The highest BCUT2D eigenvalue weighted by atomic mass is 16.5. The van der Waals surface area contributed by atoms with E-state index in [9.17, 15) is 9.90 Å². The Bertz CT molecular complexity index is 725. The van der Waals surface area contributed by atoms with Crippen LogP contribution in [0.25, 0.3) is 0 Å². The molecular weight excluding hydrogens is 302 g/mol. The van der Waals surface area contributed by atoms with Crippen molar-refractivity contribution in [3.05, 3.63) is 59.7 Å². The Morgan fingerprint density at radius 3 is 2.62 bits per heavy atom. The van der Waals surface area contributed by atoms with Crippen LogP contribution in [-0.4, -0.2) is 24.2 Å². The number of benzene rings is 2. The Morgan fingerprint density at radius 1 is 1.17 bits per heavy atom. The van der Waals surface area contributed by atoms with Gasteiger partial charge in [-0.1, -0.05) is 44.2 Å². The molecule has 1 aliphatic heterocycles. The third kappa shape index (κ3) is 3.60. The topological polar surface area (TPSA) is 49.8 Å². The Hall–Kier alpha value is -2.33. The molecule has 0 radical (unpaired) electrons. The zero-order chi connectivity index (χ0) is 17.2. The molecule has 0 saturated heterocycles. The number of nitrogens with zero attached hydrogens (tertiary/aromatic N) is 1. The summed E-state index contributed by atoms with van der Waals surface area (Å²) in [5.74, 6) is 0.853. The van der Waals surface area contributed by atoms with Gasteiger partial charge in [-0.25, -0.2) is 0 Å². The largest absolute Gasteiger partial charge is 0.493 e. The Labute approximate surface area is 142 Å². The van der Waals surface area contributed by atoms with E-state index in [0.717, 1.165) is 22.6 Å². The van der Waals surface area contributed by atoms with Crippen molar-refractivity contribution in [3.63, 3.8) is 0 Å². The SMILES string of the molecule is CC(C)(CO)COc1ccc2c(c1)CC(=O)N2Cc1ccccc1. The van der Waals surface area contributed by atoms with Crippen LogP contribution in [0, 0.1) is 5.41 Å². The molecule has 126 valence electrons. The average Bonchev–Trinajstić information content (AvgIpc) is 2.89. The number of ether oxygens (including phenoxy) is 1. The fourth-order valence-corrected chi connectivity index (χ4v) is 2.71. The first-order valence-electron chi connectivity index (χ1n) is 8.19. The predicted molar refractivity (Wildman–Crippen MR) is 94.1 cm³/mol. The van der Waals surface area contributed by atoms with Crippen molar-refractivity contribution in [2.75, 3.05) is 18.1 Å². The van der Waals surface area contributed by atoms with Gasteiger partial charge in [0, 0.05) is 11.1 Å². The smallest absolute Gasteiger partial charge is 0.231 e. The maximum atomic E-state index is 12.4. The van der Waals surface area contributed by atoms with Crippen LogP contribution in [0.15, 0.2) is 48.5 Å². The van der Waals surface area contributed by atoms with E-state index in [-0.39, 0.29) is 17.9 Å². The second kappa shape index (κ2) is 6.65. The minimum Gasteiger partial charge on any atom is -0.493 e. The Morgan fingerprint density at radius 2 is 1.92 bits per heavy atom. The number of carbonyl (C=O) groups is 1. The van der Waals surface area contributed by atoms with E-state index in [2.05, 4.69) is 0 Å². The summed E-state index contributed by atoms with van der Waals surface area (Å²) >= 11 is 0. The summed E-state index contributed by atoms with van der Waals surface area (Å²) in [5.41, 5.74) is 2.78. The monoisotopic (exact) mass is 325 g/mol. The van der Waals surface area contributed by atoms with E-state index < -0.39 is 0 Å². The molecule has 0 saturated carbocycles. The van der Waals surface area contributed by atoms with Crippen molar-refractivity contribution < 1.29 is 14.6 Å². The van der Waals surface area contributed by atoms with Gasteiger partial charge in [-0.3, -0.25) is 4.79 Å². The van der Waals surface area contributed by atoms with Crippen LogP contribution < -0.4 is 9.64 Å². The fraction of sp³-hybridized carbons (Fsp3) is 0.350. The number of anilines is 1. The lowest BCUT2D eigenvalue weighted by atomic mass is 9.96. The van der Waals surface area contributed by atoms with Gasteiger partial charge in [0.25, 0.3) is 0 Å². The van der Waals surface area contributed by atoms with Gasteiger partial charge in [0.05, 0.1) is 26.2 Å². The molecule has 2 aromatic carbocycles. The first-order valence-corrected chi connectivity index (χ1v) is 8.19. The molecule has 24 heavy (non-hydrogen) atoms. The molecule has 0 atom stereocenters. The first kappa shape index (κ1) is 16.5. The molecule has 1 amide bonds. The molecule has 2 aromatic rings. The van der Waals surface area contributed by atoms with E-state index in [0.29, 0.717) is 19.6 Å². The van der Waals surface area contributed by atoms with Crippen LogP contribution in [0.5, 0.6) is 5.75 Å². The Balaban J connectivity index is 1.75. The van der Waals surface area contributed by atoms with Crippen molar-refractivity contribution in [2.24, 2.45) is 5.41 Å². The number of carbonyl (C=O) groups excluding carboxylic acids is 1. The average molecular weight is 325 g/mol. The highest BCUT2D eigenvalue weighted by Gasteiger charge is 2.28. The van der Waals surface area contributed by atoms with E-state index in [4.69, 9.17) is 4.74 Å². The normalized spacial score (nSPS) is 14.0. The molecule has 4 heteroatoms. The van der Waals surface area contributed by atoms with E-state index in [1.807, 2.05) is 67.3 Å². The molecule has 1 heterocycles. The summed E-state index contributed by atoms with van der Waals surface area (Å²) < 4.78 is 5.79. The lowest BCUT2D eigenvalue weighted by Gasteiger charge is -2.22. The third-order valence-electron chi connectivity index (χ3n) is 4.23. The van der Waals surface area contributed by atoms with Gasteiger partial charge in [-0.15, -0.1) is 0 Å². The van der Waals surface area contributed by atoms with Crippen molar-refractivity contribution in [3.8, 4) is 5.75 Å². The number of hydrogen-bond donors (Lipinski definition) is 1. The fourth-order valence-electron chi connectivity index (χ4n) is 2.71. The predicted octanol–water partition coefficient (Wildman–Crippen LogP) is 3.17. The van der Waals surface area contributed by atoms with Gasteiger partial charge in [-0.05, 0) is 29.3 Å². The second-order valence-corrected chi connectivity index (χ2v) is 7.04. The Kier molecular flexibility index (Phi) is 4.58. The molecule has 4 nitrogen and oxygen atoms in total. The zero-order valence-electron chi connectivity index (χ0n) is 14.2. The first-order chi connectivity index (χ1) is 11.5. The highest BCUT2D eigenvalue weighted by molar-refractivity contribution is 6.01. The molecule has 1 N–H and O–H groups in total. The van der Waals surface area contributed by atoms with Crippen LogP contribution >= 0.6 is 0 Å². The minimum absolute atomic E-state index is 0.0707. The van der Waals surface area contributed by atoms with E-state index in [1.54, 1.807) is 0 Å². The molecule has 0 fully saturated rings. The summed E-state index contributed by atoms with van der Waals surface area (Å²) in [4.78, 5) is 14.2. The molecule has 0 unspecified atom stereocenters. The number of amides is 1. The lowest BCUT2D eigenvalue weighted by Crippen LogP contribution is -2.26. The maximum absolute atomic E-state index is 12.4. The molecule has 1 aliphatic rings. The second-order valence-electron chi connectivity index (χ2n) is 7.04. The van der Waals surface area contributed by atoms with Crippen molar-refractivity contribution in [2.45, 2.75) is 26.8 Å². The summed E-state index contributed by atoms with van der Waals surface area (Å²) in [6.45, 7) is 4.99. The molecular formula is C20H23NO3. The van der Waals surface area contributed by atoms with Crippen LogP contribution in [0.1, 0.15) is 25.0 Å². The number of aliphatic hydroxyl groups excluding tert-OH is 1. The standard InChI is InChI=1S/C20H23NO3/c1-20(2,13-22)14-24-17-8-9-18-16(10-17)11-19(23)21(18)12-15-6-4-3-5-7-15/h3-10,22H,11-14H2,1-2H3. The minimum atomic E-state index is -0.284. The van der Waals surface area contributed by atoms with Crippen molar-refractivity contribution in [1.29, 1.82) is 0 Å².